The molecule has 1 heterocycles. The van der Waals surface area contributed by atoms with Crippen LogP contribution in [0.2, 0.25) is 0 Å². The first-order valence-electron chi connectivity index (χ1n) is 10.5. The highest BCUT2D eigenvalue weighted by molar-refractivity contribution is 7.89. The minimum atomic E-state index is -3.50. The Hall–Kier alpha value is -2.26. The van der Waals surface area contributed by atoms with Crippen molar-refractivity contribution in [2.45, 2.75) is 38.4 Å². The number of amides is 1. The lowest BCUT2D eigenvalue weighted by Crippen LogP contribution is -2.50. The Morgan fingerprint density at radius 2 is 1.74 bits per heavy atom. The van der Waals surface area contributed by atoms with E-state index < -0.39 is 10.0 Å². The fourth-order valence-corrected chi connectivity index (χ4v) is 4.81. The third kappa shape index (κ3) is 6.61. The van der Waals surface area contributed by atoms with Crippen LogP contribution in [0.25, 0.3) is 0 Å². The van der Waals surface area contributed by atoms with Gasteiger partial charge in [-0.3, -0.25) is 9.69 Å². The van der Waals surface area contributed by atoms with Crippen LogP contribution in [0.3, 0.4) is 0 Å². The number of hydrogen-bond acceptors (Lipinski definition) is 5. The number of sulfonamides is 1. The summed E-state index contributed by atoms with van der Waals surface area (Å²) in [6.07, 6.45) is 0.145. The predicted molar refractivity (Wildman–Crippen MR) is 121 cm³/mol. The van der Waals surface area contributed by atoms with Gasteiger partial charge < -0.3 is 10.1 Å². The van der Waals surface area contributed by atoms with Gasteiger partial charge in [-0.15, -0.1) is 0 Å². The molecule has 8 heteroatoms. The molecular weight excluding hydrogens is 414 g/mol. The number of hydrogen-bond donors (Lipinski definition) is 1. The Balaban J connectivity index is 1.50. The van der Waals surface area contributed by atoms with Gasteiger partial charge in [0.2, 0.25) is 15.9 Å². The van der Waals surface area contributed by atoms with Crippen LogP contribution in [0.5, 0.6) is 0 Å². The summed E-state index contributed by atoms with van der Waals surface area (Å²) in [4.78, 5) is 14.8. The highest BCUT2D eigenvalue weighted by atomic mass is 32.2. The summed E-state index contributed by atoms with van der Waals surface area (Å²) in [5, 5.41) is 2.92. The highest BCUT2D eigenvalue weighted by Gasteiger charge is 2.29. The number of benzene rings is 2. The van der Waals surface area contributed by atoms with Gasteiger partial charge in [0, 0.05) is 31.9 Å². The van der Waals surface area contributed by atoms with Crippen molar-refractivity contribution in [1.82, 2.24) is 9.21 Å². The molecule has 168 valence electrons. The summed E-state index contributed by atoms with van der Waals surface area (Å²) in [6.45, 7) is 8.38. The van der Waals surface area contributed by atoms with Gasteiger partial charge in [-0.05, 0) is 50.6 Å². The summed E-state index contributed by atoms with van der Waals surface area (Å²) >= 11 is 0. The lowest BCUT2D eigenvalue weighted by atomic mass is 10.2. The molecule has 0 aliphatic carbocycles. The number of ether oxygens (including phenoxy) is 1. The molecule has 3 rings (SSSR count). The number of nitrogens with zero attached hydrogens (tertiary/aromatic N) is 2. The van der Waals surface area contributed by atoms with E-state index in [1.54, 1.807) is 24.3 Å². The first-order chi connectivity index (χ1) is 14.7. The van der Waals surface area contributed by atoms with Crippen molar-refractivity contribution < 1.29 is 17.9 Å². The fraction of sp³-hybridized carbons (Fsp3) is 0.435. The molecule has 0 radical (unpaired) electrons. The molecule has 1 saturated heterocycles. The first-order valence-corrected chi connectivity index (χ1v) is 12.0. The van der Waals surface area contributed by atoms with E-state index in [2.05, 4.69) is 5.32 Å². The van der Waals surface area contributed by atoms with E-state index in [0.717, 1.165) is 16.8 Å². The van der Waals surface area contributed by atoms with E-state index in [4.69, 9.17) is 4.74 Å². The first kappa shape index (κ1) is 23.4. The molecule has 0 atom stereocenters. The van der Waals surface area contributed by atoms with Gasteiger partial charge in [0.1, 0.15) is 0 Å². The summed E-state index contributed by atoms with van der Waals surface area (Å²) in [7, 11) is -3.50. The van der Waals surface area contributed by atoms with Gasteiger partial charge in [-0.1, -0.05) is 29.8 Å². The Morgan fingerprint density at radius 3 is 2.39 bits per heavy atom. The van der Waals surface area contributed by atoms with E-state index in [1.807, 2.05) is 49.9 Å². The molecule has 7 nitrogen and oxygen atoms in total. The minimum Gasteiger partial charge on any atom is -0.374 e. The Morgan fingerprint density at radius 1 is 1.06 bits per heavy atom. The molecule has 0 bridgehead atoms. The molecule has 0 aromatic heterocycles. The zero-order valence-corrected chi connectivity index (χ0v) is 19.2. The molecule has 0 unspecified atom stereocenters. The zero-order chi connectivity index (χ0) is 22.4. The SMILES string of the molecule is Cc1ccc(S(=O)(=O)N2CCN(CC(=O)Nc3cccc(COC(C)C)c3)CC2)cc1. The van der Waals surface area contributed by atoms with Gasteiger partial charge in [-0.2, -0.15) is 4.31 Å². The second kappa shape index (κ2) is 10.4. The molecule has 1 amide bonds. The van der Waals surface area contributed by atoms with E-state index in [-0.39, 0.29) is 18.6 Å². The van der Waals surface area contributed by atoms with Crippen molar-refractivity contribution in [2.24, 2.45) is 0 Å². The van der Waals surface area contributed by atoms with Crippen molar-refractivity contribution in [3.8, 4) is 0 Å². The van der Waals surface area contributed by atoms with Crippen LogP contribution in [0.15, 0.2) is 53.4 Å². The third-order valence-electron chi connectivity index (χ3n) is 5.15. The summed E-state index contributed by atoms with van der Waals surface area (Å²) in [5.74, 6) is -0.114. The highest BCUT2D eigenvalue weighted by Crippen LogP contribution is 2.18. The third-order valence-corrected chi connectivity index (χ3v) is 7.06. The van der Waals surface area contributed by atoms with Crippen LogP contribution in [-0.4, -0.2) is 62.4 Å². The second-order valence-electron chi connectivity index (χ2n) is 8.10. The van der Waals surface area contributed by atoms with Crippen molar-refractivity contribution in [1.29, 1.82) is 0 Å². The number of rotatable bonds is 8. The molecule has 31 heavy (non-hydrogen) atoms. The predicted octanol–water partition coefficient (Wildman–Crippen LogP) is 2.87. The van der Waals surface area contributed by atoms with Gasteiger partial charge >= 0.3 is 0 Å². The number of nitrogens with one attached hydrogen (secondary N) is 1. The summed E-state index contributed by atoms with van der Waals surface area (Å²) in [6, 6.07) is 14.5. The van der Waals surface area contributed by atoms with Gasteiger partial charge in [-0.25, -0.2) is 8.42 Å². The standard InChI is InChI=1S/C23H31N3O4S/c1-18(2)30-17-20-5-4-6-21(15-20)24-23(27)16-25-11-13-26(14-12-25)31(28,29)22-9-7-19(3)8-10-22/h4-10,15,18H,11-14,16-17H2,1-3H3,(H,24,27). The number of anilines is 1. The van der Waals surface area contributed by atoms with Crippen molar-refractivity contribution >= 4 is 21.6 Å². The van der Waals surface area contributed by atoms with E-state index in [0.29, 0.717) is 37.7 Å². The van der Waals surface area contributed by atoms with Crippen molar-refractivity contribution in [2.75, 3.05) is 38.0 Å². The number of piperazine rings is 1. The van der Waals surface area contributed by atoms with E-state index in [9.17, 15) is 13.2 Å². The van der Waals surface area contributed by atoms with Gasteiger partial charge in [0.05, 0.1) is 24.2 Å². The maximum atomic E-state index is 12.8. The van der Waals surface area contributed by atoms with E-state index >= 15 is 0 Å². The van der Waals surface area contributed by atoms with E-state index in [1.165, 1.54) is 4.31 Å². The fourth-order valence-electron chi connectivity index (χ4n) is 3.39. The van der Waals surface area contributed by atoms with Crippen LogP contribution in [0, 0.1) is 6.92 Å². The number of carbonyl (C=O) groups excluding carboxylic acids is 1. The van der Waals surface area contributed by atoms with Crippen molar-refractivity contribution in [3.63, 3.8) is 0 Å². The molecule has 1 fully saturated rings. The second-order valence-corrected chi connectivity index (χ2v) is 10.0. The lowest BCUT2D eigenvalue weighted by molar-refractivity contribution is -0.117. The molecule has 1 aliphatic heterocycles. The molecular formula is C23H31N3O4S. The lowest BCUT2D eigenvalue weighted by Gasteiger charge is -2.33. The topological polar surface area (TPSA) is 79.0 Å². The minimum absolute atomic E-state index is 0.114. The molecule has 2 aromatic carbocycles. The Labute approximate surface area is 185 Å². The smallest absolute Gasteiger partial charge is 0.243 e. The van der Waals surface area contributed by atoms with Gasteiger partial charge in [0.25, 0.3) is 0 Å². The largest absolute Gasteiger partial charge is 0.374 e. The normalized spacial score (nSPS) is 15.9. The van der Waals surface area contributed by atoms with Crippen LogP contribution in [-0.2, 0) is 26.2 Å². The molecule has 1 aliphatic rings. The van der Waals surface area contributed by atoms with Crippen LogP contribution >= 0.6 is 0 Å². The Kier molecular flexibility index (Phi) is 7.83. The summed E-state index contributed by atoms with van der Waals surface area (Å²) < 4.78 is 32.7. The summed E-state index contributed by atoms with van der Waals surface area (Å²) in [5.41, 5.74) is 2.75. The average molecular weight is 446 g/mol. The maximum Gasteiger partial charge on any atom is 0.243 e. The van der Waals surface area contributed by atoms with Crippen molar-refractivity contribution in [3.05, 3.63) is 59.7 Å². The average Bonchev–Trinajstić information content (AvgIpc) is 2.73. The molecule has 1 N–H and O–H groups in total. The molecule has 0 spiro atoms. The quantitative estimate of drug-likeness (QED) is 0.676. The molecule has 0 saturated carbocycles. The van der Waals surface area contributed by atoms with Crippen LogP contribution < -0.4 is 5.32 Å². The Bertz CT molecular complexity index is 982. The number of carbonyl (C=O) groups is 1. The molecule has 2 aromatic rings. The van der Waals surface area contributed by atoms with Crippen LogP contribution in [0.4, 0.5) is 5.69 Å². The van der Waals surface area contributed by atoms with Crippen LogP contribution in [0.1, 0.15) is 25.0 Å². The monoisotopic (exact) mass is 445 g/mol. The number of aryl methyl sites for hydroxylation is 1. The zero-order valence-electron chi connectivity index (χ0n) is 18.4. The maximum absolute atomic E-state index is 12.8. The van der Waals surface area contributed by atoms with Gasteiger partial charge in [0.15, 0.2) is 0 Å².